The molecule has 2 saturated heterocycles. The van der Waals surface area contributed by atoms with Gasteiger partial charge in [-0.15, -0.1) is 0 Å². The molecule has 5 rings (SSSR count). The zero-order valence-corrected chi connectivity index (χ0v) is 21.7. The van der Waals surface area contributed by atoms with Crippen molar-refractivity contribution < 1.29 is 14.4 Å². The Hall–Kier alpha value is -3.65. The fourth-order valence-electron chi connectivity index (χ4n) is 5.88. The van der Waals surface area contributed by atoms with Crippen LogP contribution in [-0.4, -0.2) is 76.0 Å². The summed E-state index contributed by atoms with van der Waals surface area (Å²) in [5.41, 5.74) is 1.07. The predicted octanol–water partition coefficient (Wildman–Crippen LogP) is 3.51. The summed E-state index contributed by atoms with van der Waals surface area (Å²) in [6.45, 7) is 4.72. The Morgan fingerprint density at radius 2 is 1.89 bits per heavy atom. The van der Waals surface area contributed by atoms with E-state index in [9.17, 15) is 14.4 Å². The molecule has 2 fully saturated rings. The summed E-state index contributed by atoms with van der Waals surface area (Å²) >= 11 is 0. The molecule has 2 aromatic rings. The highest BCUT2D eigenvalue weighted by Gasteiger charge is 2.52. The quantitative estimate of drug-likeness (QED) is 0.657. The van der Waals surface area contributed by atoms with Gasteiger partial charge in [-0.1, -0.05) is 66.8 Å². The Bertz CT molecular complexity index is 1250. The molecule has 1 N–H and O–H groups in total. The Kier molecular flexibility index (Phi) is 7.02. The SMILES string of the molecule is CNC(=O)N(C(C)C)N1CC(=O)N2C1CN(Cc1cccc3ccccc13)C(=O)[C@@H]2CC1C=CC=CC1. The van der Waals surface area contributed by atoms with E-state index in [1.807, 2.05) is 54.1 Å². The molecule has 0 bridgehead atoms. The monoisotopic (exact) mass is 501 g/mol. The molecular weight excluding hydrogens is 466 g/mol. The van der Waals surface area contributed by atoms with Crippen LogP contribution in [0.2, 0.25) is 0 Å². The van der Waals surface area contributed by atoms with Crippen molar-refractivity contribution in [1.29, 1.82) is 0 Å². The number of nitrogens with zero attached hydrogens (tertiary/aromatic N) is 4. The fraction of sp³-hybridized carbons (Fsp3) is 0.414. The van der Waals surface area contributed by atoms with E-state index in [4.69, 9.17) is 0 Å². The first kappa shape index (κ1) is 25.0. The lowest BCUT2D eigenvalue weighted by Gasteiger charge is -2.47. The largest absolute Gasteiger partial charge is 0.340 e. The molecule has 2 heterocycles. The summed E-state index contributed by atoms with van der Waals surface area (Å²) in [6, 6.07) is 13.3. The average molecular weight is 502 g/mol. The highest BCUT2D eigenvalue weighted by atomic mass is 16.2. The number of rotatable bonds is 6. The lowest BCUT2D eigenvalue weighted by atomic mass is 9.90. The van der Waals surface area contributed by atoms with Gasteiger partial charge in [0.05, 0.1) is 13.1 Å². The van der Waals surface area contributed by atoms with Crippen molar-refractivity contribution in [3.05, 3.63) is 72.3 Å². The van der Waals surface area contributed by atoms with Gasteiger partial charge < -0.3 is 15.1 Å². The molecule has 2 aromatic carbocycles. The van der Waals surface area contributed by atoms with E-state index in [0.717, 1.165) is 22.8 Å². The molecule has 0 radical (unpaired) electrons. The minimum Gasteiger partial charge on any atom is -0.340 e. The standard InChI is InChI=1S/C29H35N5O3/c1-20(2)34(29(37)30-3)32-19-27(35)33-25(16-21-10-5-4-6-11-21)28(36)31(18-26(32)33)17-23-14-9-13-22-12-7-8-15-24(22)23/h4-10,12-15,20-21,25-26H,11,16-19H2,1-3H3,(H,30,37)/t21?,25-,26?/m0/s1. The van der Waals surface area contributed by atoms with Gasteiger partial charge in [0.15, 0.2) is 0 Å². The van der Waals surface area contributed by atoms with Crippen LogP contribution in [0.25, 0.3) is 10.8 Å². The fourth-order valence-corrected chi connectivity index (χ4v) is 5.88. The number of allylic oxidation sites excluding steroid dienone is 4. The third kappa shape index (κ3) is 4.73. The van der Waals surface area contributed by atoms with Crippen molar-refractivity contribution in [3.63, 3.8) is 0 Å². The maximum Gasteiger partial charge on any atom is 0.331 e. The lowest BCUT2D eigenvalue weighted by molar-refractivity contribution is -0.159. The summed E-state index contributed by atoms with van der Waals surface area (Å²) < 4.78 is 0. The van der Waals surface area contributed by atoms with E-state index < -0.39 is 12.2 Å². The molecule has 8 nitrogen and oxygen atoms in total. The van der Waals surface area contributed by atoms with Crippen LogP contribution in [-0.2, 0) is 16.1 Å². The minimum absolute atomic E-state index is 0.0293. The topological polar surface area (TPSA) is 76.2 Å². The van der Waals surface area contributed by atoms with Gasteiger partial charge in [-0.3, -0.25) is 14.6 Å². The molecule has 3 aliphatic rings. The van der Waals surface area contributed by atoms with Crippen LogP contribution >= 0.6 is 0 Å². The molecule has 2 unspecified atom stereocenters. The molecule has 194 valence electrons. The highest BCUT2D eigenvalue weighted by Crippen LogP contribution is 2.33. The second kappa shape index (κ2) is 10.4. The van der Waals surface area contributed by atoms with Crippen molar-refractivity contribution in [2.24, 2.45) is 5.92 Å². The molecule has 2 aliphatic heterocycles. The number of amides is 4. The molecular formula is C29H35N5O3. The summed E-state index contributed by atoms with van der Waals surface area (Å²) in [6.07, 6.45) is 9.24. The maximum atomic E-state index is 14.0. The average Bonchev–Trinajstić information content (AvgIpc) is 3.22. The molecule has 37 heavy (non-hydrogen) atoms. The van der Waals surface area contributed by atoms with E-state index in [0.29, 0.717) is 19.5 Å². The first-order chi connectivity index (χ1) is 17.9. The Morgan fingerprint density at radius 3 is 2.62 bits per heavy atom. The van der Waals surface area contributed by atoms with Crippen LogP contribution in [0.3, 0.4) is 0 Å². The molecule has 1 aliphatic carbocycles. The van der Waals surface area contributed by atoms with E-state index in [2.05, 4.69) is 41.7 Å². The molecule has 0 aromatic heterocycles. The molecule has 4 amide bonds. The minimum atomic E-state index is -0.578. The number of hydrogen-bond donors (Lipinski definition) is 1. The zero-order valence-electron chi connectivity index (χ0n) is 21.7. The van der Waals surface area contributed by atoms with Crippen molar-refractivity contribution in [2.45, 2.75) is 51.5 Å². The summed E-state index contributed by atoms with van der Waals surface area (Å²) in [7, 11) is 1.59. The van der Waals surface area contributed by atoms with Crippen LogP contribution in [0.4, 0.5) is 4.79 Å². The van der Waals surface area contributed by atoms with Crippen molar-refractivity contribution in [3.8, 4) is 0 Å². The summed E-state index contributed by atoms with van der Waals surface area (Å²) in [4.78, 5) is 43.9. The number of nitrogens with one attached hydrogen (secondary N) is 1. The van der Waals surface area contributed by atoms with Gasteiger partial charge in [-0.2, -0.15) is 5.01 Å². The summed E-state index contributed by atoms with van der Waals surface area (Å²) in [5.74, 6) is 0.0375. The van der Waals surface area contributed by atoms with Gasteiger partial charge in [0.1, 0.15) is 12.2 Å². The molecule has 0 spiro atoms. The number of carbonyl (C=O) groups is 3. The van der Waals surface area contributed by atoms with Gasteiger partial charge in [-0.05, 0) is 48.9 Å². The first-order valence-corrected chi connectivity index (χ1v) is 13.1. The smallest absolute Gasteiger partial charge is 0.331 e. The number of hydrazine groups is 1. The summed E-state index contributed by atoms with van der Waals surface area (Å²) in [5, 5.41) is 8.42. The van der Waals surface area contributed by atoms with Gasteiger partial charge in [0.2, 0.25) is 11.8 Å². The lowest BCUT2D eigenvalue weighted by Crippen LogP contribution is -2.66. The van der Waals surface area contributed by atoms with E-state index in [1.54, 1.807) is 17.0 Å². The Labute approximate surface area is 218 Å². The third-order valence-electron chi connectivity index (χ3n) is 7.59. The second-order valence-electron chi connectivity index (χ2n) is 10.3. The van der Waals surface area contributed by atoms with E-state index in [1.165, 1.54) is 0 Å². The number of benzene rings is 2. The van der Waals surface area contributed by atoms with Crippen LogP contribution in [0.1, 0.15) is 32.3 Å². The highest BCUT2D eigenvalue weighted by molar-refractivity contribution is 5.92. The predicted molar refractivity (Wildman–Crippen MR) is 143 cm³/mol. The second-order valence-corrected chi connectivity index (χ2v) is 10.3. The van der Waals surface area contributed by atoms with E-state index >= 15 is 0 Å². The van der Waals surface area contributed by atoms with Crippen molar-refractivity contribution in [2.75, 3.05) is 20.1 Å². The molecule has 0 saturated carbocycles. The van der Waals surface area contributed by atoms with Gasteiger partial charge >= 0.3 is 6.03 Å². The number of carbonyl (C=O) groups excluding carboxylic acids is 3. The normalized spacial score (nSPS) is 23.7. The number of piperazine rings is 1. The Balaban J connectivity index is 1.51. The third-order valence-corrected chi connectivity index (χ3v) is 7.59. The van der Waals surface area contributed by atoms with Crippen molar-refractivity contribution in [1.82, 2.24) is 25.1 Å². The van der Waals surface area contributed by atoms with Crippen LogP contribution in [0, 0.1) is 5.92 Å². The zero-order chi connectivity index (χ0) is 26.1. The van der Waals surface area contributed by atoms with Gasteiger partial charge in [0, 0.05) is 19.6 Å². The first-order valence-electron chi connectivity index (χ1n) is 13.1. The molecule has 8 heteroatoms. The number of urea groups is 1. The van der Waals surface area contributed by atoms with Crippen LogP contribution in [0.5, 0.6) is 0 Å². The van der Waals surface area contributed by atoms with Gasteiger partial charge in [-0.25, -0.2) is 4.79 Å². The maximum absolute atomic E-state index is 14.0. The van der Waals surface area contributed by atoms with Crippen molar-refractivity contribution >= 4 is 28.6 Å². The van der Waals surface area contributed by atoms with Crippen LogP contribution < -0.4 is 5.32 Å². The van der Waals surface area contributed by atoms with E-state index in [-0.39, 0.29) is 36.3 Å². The molecule has 3 atom stereocenters. The number of fused-ring (bicyclic) bond motifs is 2. The number of hydrogen-bond acceptors (Lipinski definition) is 4. The Morgan fingerprint density at radius 1 is 1.11 bits per heavy atom. The van der Waals surface area contributed by atoms with Gasteiger partial charge in [0.25, 0.3) is 0 Å². The van der Waals surface area contributed by atoms with Crippen LogP contribution in [0.15, 0.2) is 66.8 Å².